The summed E-state index contributed by atoms with van der Waals surface area (Å²) in [5.74, 6) is 1.49. The number of benzene rings is 2. The van der Waals surface area contributed by atoms with Gasteiger partial charge in [0.1, 0.15) is 11.5 Å². The van der Waals surface area contributed by atoms with Crippen molar-refractivity contribution in [2.45, 2.75) is 19.0 Å². The summed E-state index contributed by atoms with van der Waals surface area (Å²) in [5, 5.41) is 5.67. The minimum Gasteiger partial charge on any atom is -0.497 e. The van der Waals surface area contributed by atoms with Crippen molar-refractivity contribution in [2.24, 2.45) is 0 Å². The molecule has 3 amide bonds. The lowest BCUT2D eigenvalue weighted by Crippen LogP contribution is -2.43. The summed E-state index contributed by atoms with van der Waals surface area (Å²) in [5.41, 5.74) is 1.76. The monoisotopic (exact) mass is 369 g/mol. The van der Waals surface area contributed by atoms with Crippen LogP contribution in [0.3, 0.4) is 0 Å². The van der Waals surface area contributed by atoms with Crippen molar-refractivity contribution < 1.29 is 19.1 Å². The van der Waals surface area contributed by atoms with Gasteiger partial charge in [-0.3, -0.25) is 4.79 Å². The summed E-state index contributed by atoms with van der Waals surface area (Å²) in [6.07, 6.45) is 0.280. The molecule has 1 aliphatic rings. The van der Waals surface area contributed by atoms with Crippen LogP contribution in [-0.2, 0) is 11.3 Å². The van der Waals surface area contributed by atoms with Gasteiger partial charge in [0.15, 0.2) is 0 Å². The Morgan fingerprint density at radius 2 is 1.63 bits per heavy atom. The van der Waals surface area contributed by atoms with E-state index in [4.69, 9.17) is 9.47 Å². The predicted molar refractivity (Wildman–Crippen MR) is 102 cm³/mol. The second-order valence-electron chi connectivity index (χ2n) is 6.28. The van der Waals surface area contributed by atoms with Crippen LogP contribution < -0.4 is 25.0 Å². The molecule has 2 aromatic rings. The van der Waals surface area contributed by atoms with E-state index >= 15 is 0 Å². The van der Waals surface area contributed by atoms with E-state index in [1.165, 1.54) is 0 Å². The zero-order valence-electron chi connectivity index (χ0n) is 15.4. The Morgan fingerprint density at radius 1 is 1.04 bits per heavy atom. The number of rotatable bonds is 6. The Labute approximate surface area is 158 Å². The van der Waals surface area contributed by atoms with E-state index in [1.807, 2.05) is 48.5 Å². The van der Waals surface area contributed by atoms with Gasteiger partial charge in [-0.05, 0) is 42.0 Å². The van der Waals surface area contributed by atoms with Crippen molar-refractivity contribution in [3.63, 3.8) is 0 Å². The minimum atomic E-state index is -0.291. The zero-order valence-corrected chi connectivity index (χ0v) is 15.4. The lowest BCUT2D eigenvalue weighted by molar-refractivity contribution is -0.117. The number of methoxy groups -OCH3 is 2. The zero-order chi connectivity index (χ0) is 19.2. The third-order valence-electron chi connectivity index (χ3n) is 4.46. The summed E-state index contributed by atoms with van der Waals surface area (Å²) in [6, 6.07) is 14.2. The van der Waals surface area contributed by atoms with Crippen LogP contribution in [0.2, 0.25) is 0 Å². The molecule has 0 aliphatic carbocycles. The van der Waals surface area contributed by atoms with Crippen LogP contribution in [0.15, 0.2) is 48.5 Å². The van der Waals surface area contributed by atoms with Crippen molar-refractivity contribution >= 4 is 17.6 Å². The van der Waals surface area contributed by atoms with Gasteiger partial charge in [0.2, 0.25) is 5.91 Å². The number of amides is 3. The van der Waals surface area contributed by atoms with E-state index in [9.17, 15) is 9.59 Å². The van der Waals surface area contributed by atoms with Crippen molar-refractivity contribution in [3.8, 4) is 11.5 Å². The number of hydrogen-bond donors (Lipinski definition) is 2. The first-order valence-electron chi connectivity index (χ1n) is 8.71. The average Bonchev–Trinajstić information content (AvgIpc) is 3.06. The average molecular weight is 369 g/mol. The number of nitrogens with zero attached hydrogens (tertiary/aromatic N) is 1. The highest BCUT2D eigenvalue weighted by Crippen LogP contribution is 2.24. The van der Waals surface area contributed by atoms with Gasteiger partial charge in [0, 0.05) is 25.2 Å². The summed E-state index contributed by atoms with van der Waals surface area (Å²) in [4.78, 5) is 26.1. The largest absolute Gasteiger partial charge is 0.497 e. The quantitative estimate of drug-likeness (QED) is 0.819. The van der Waals surface area contributed by atoms with E-state index in [0.717, 1.165) is 22.7 Å². The van der Waals surface area contributed by atoms with Crippen LogP contribution in [0, 0.1) is 0 Å². The van der Waals surface area contributed by atoms with Crippen LogP contribution in [0.4, 0.5) is 10.5 Å². The fourth-order valence-electron chi connectivity index (χ4n) is 2.98. The van der Waals surface area contributed by atoms with Crippen LogP contribution in [-0.4, -0.2) is 38.7 Å². The maximum absolute atomic E-state index is 12.3. The molecule has 0 spiro atoms. The van der Waals surface area contributed by atoms with Gasteiger partial charge in [-0.25, -0.2) is 4.79 Å². The fraction of sp³-hybridized carbons (Fsp3) is 0.300. The van der Waals surface area contributed by atoms with Crippen LogP contribution in [0.1, 0.15) is 12.0 Å². The van der Waals surface area contributed by atoms with E-state index in [-0.39, 0.29) is 24.4 Å². The second kappa shape index (κ2) is 8.44. The molecule has 7 heteroatoms. The van der Waals surface area contributed by atoms with Gasteiger partial charge in [0.05, 0.1) is 20.3 Å². The maximum Gasteiger partial charge on any atom is 0.315 e. The van der Waals surface area contributed by atoms with Crippen LogP contribution in [0.25, 0.3) is 0 Å². The third-order valence-corrected chi connectivity index (χ3v) is 4.46. The SMILES string of the molecule is COc1ccc(CNC(=O)N[C@@H]2CC(=O)N(c3ccc(OC)cc3)C2)cc1. The molecule has 1 saturated heterocycles. The molecule has 2 N–H and O–H groups in total. The molecule has 142 valence electrons. The molecule has 1 atom stereocenters. The summed E-state index contributed by atoms with van der Waals surface area (Å²) in [6.45, 7) is 0.847. The number of urea groups is 1. The van der Waals surface area contributed by atoms with Gasteiger partial charge in [-0.1, -0.05) is 12.1 Å². The number of carbonyl (C=O) groups is 2. The van der Waals surface area contributed by atoms with Crippen molar-refractivity contribution in [1.29, 1.82) is 0 Å². The Balaban J connectivity index is 1.50. The summed E-state index contributed by atoms with van der Waals surface area (Å²) < 4.78 is 10.2. The van der Waals surface area contributed by atoms with E-state index in [1.54, 1.807) is 19.1 Å². The molecule has 3 rings (SSSR count). The molecule has 0 bridgehead atoms. The Hall–Kier alpha value is -3.22. The molecule has 0 aromatic heterocycles. The molecule has 0 saturated carbocycles. The Kier molecular flexibility index (Phi) is 5.80. The molecule has 0 unspecified atom stereocenters. The van der Waals surface area contributed by atoms with Crippen molar-refractivity contribution in [1.82, 2.24) is 10.6 Å². The van der Waals surface area contributed by atoms with Crippen molar-refractivity contribution in [2.75, 3.05) is 25.7 Å². The van der Waals surface area contributed by atoms with Gasteiger partial charge < -0.3 is 25.0 Å². The van der Waals surface area contributed by atoms with Crippen LogP contribution >= 0.6 is 0 Å². The number of carbonyl (C=O) groups excluding carboxylic acids is 2. The highest BCUT2D eigenvalue weighted by molar-refractivity contribution is 5.96. The Bertz CT molecular complexity index is 790. The molecule has 0 radical (unpaired) electrons. The Morgan fingerprint density at radius 3 is 2.22 bits per heavy atom. The normalized spacial score (nSPS) is 16.1. The fourth-order valence-corrected chi connectivity index (χ4v) is 2.98. The smallest absolute Gasteiger partial charge is 0.315 e. The lowest BCUT2D eigenvalue weighted by atomic mass is 10.2. The molecule has 1 aliphatic heterocycles. The minimum absolute atomic E-state index is 0.0133. The number of hydrogen-bond acceptors (Lipinski definition) is 4. The molecular weight excluding hydrogens is 346 g/mol. The molecule has 1 heterocycles. The van der Waals surface area contributed by atoms with Gasteiger partial charge in [-0.15, -0.1) is 0 Å². The number of ether oxygens (including phenoxy) is 2. The maximum atomic E-state index is 12.3. The highest BCUT2D eigenvalue weighted by Gasteiger charge is 2.31. The number of nitrogens with one attached hydrogen (secondary N) is 2. The molecule has 1 fully saturated rings. The second-order valence-corrected chi connectivity index (χ2v) is 6.28. The van der Waals surface area contributed by atoms with Crippen LogP contribution in [0.5, 0.6) is 11.5 Å². The molecule has 27 heavy (non-hydrogen) atoms. The van der Waals surface area contributed by atoms with Gasteiger partial charge in [0.25, 0.3) is 0 Å². The van der Waals surface area contributed by atoms with Crippen molar-refractivity contribution in [3.05, 3.63) is 54.1 Å². The van der Waals surface area contributed by atoms with Gasteiger partial charge >= 0.3 is 6.03 Å². The van der Waals surface area contributed by atoms with E-state index < -0.39 is 0 Å². The van der Waals surface area contributed by atoms with E-state index in [2.05, 4.69) is 10.6 Å². The molecule has 7 nitrogen and oxygen atoms in total. The molecule has 2 aromatic carbocycles. The summed E-state index contributed by atoms with van der Waals surface area (Å²) >= 11 is 0. The highest BCUT2D eigenvalue weighted by atomic mass is 16.5. The molecular formula is C20H23N3O4. The van der Waals surface area contributed by atoms with E-state index in [0.29, 0.717) is 13.1 Å². The standard InChI is InChI=1S/C20H23N3O4/c1-26-17-7-3-14(4-8-17)12-21-20(25)22-15-11-19(24)23(13-15)16-5-9-18(27-2)10-6-16/h3-10,15H,11-13H2,1-2H3,(H2,21,22,25)/t15-/m1/s1. The first kappa shape index (κ1) is 18.6. The predicted octanol–water partition coefficient (Wildman–Crippen LogP) is 2.31. The first-order valence-corrected chi connectivity index (χ1v) is 8.71. The summed E-state index contributed by atoms with van der Waals surface area (Å²) in [7, 11) is 3.21. The topological polar surface area (TPSA) is 79.9 Å². The lowest BCUT2D eigenvalue weighted by Gasteiger charge is -2.18. The van der Waals surface area contributed by atoms with Gasteiger partial charge in [-0.2, -0.15) is 0 Å². The third kappa shape index (κ3) is 4.69. The first-order chi connectivity index (χ1) is 13.1. The number of anilines is 1.